The predicted octanol–water partition coefficient (Wildman–Crippen LogP) is 0.438. The zero-order valence-corrected chi connectivity index (χ0v) is 10.4. The number of phenolic OH excluding ortho intramolecular Hbond substituents is 1. The molecule has 2 unspecified atom stereocenters. The Hall–Kier alpha value is -1.30. The van der Waals surface area contributed by atoms with Crippen molar-refractivity contribution in [1.82, 2.24) is 0 Å². The number of rotatable bonds is 7. The fraction of sp³-hybridized carbons (Fsp3) is 0.538. The number of phenols is 1. The van der Waals surface area contributed by atoms with Gasteiger partial charge in [0, 0.05) is 6.42 Å². The maximum atomic E-state index is 9.62. The van der Waals surface area contributed by atoms with Crippen molar-refractivity contribution in [2.24, 2.45) is 0 Å². The predicted molar refractivity (Wildman–Crippen MR) is 66.7 cm³/mol. The van der Waals surface area contributed by atoms with Gasteiger partial charge in [-0.1, -0.05) is 6.07 Å². The van der Waals surface area contributed by atoms with Crippen LogP contribution in [0.4, 0.5) is 0 Å². The molecule has 1 rings (SSSR count). The van der Waals surface area contributed by atoms with Crippen LogP contribution in [0.15, 0.2) is 18.2 Å². The molecule has 0 spiro atoms. The van der Waals surface area contributed by atoms with Crippen LogP contribution < -0.4 is 4.74 Å². The maximum Gasteiger partial charge on any atom is 0.160 e. The summed E-state index contributed by atoms with van der Waals surface area (Å²) >= 11 is 0. The second-order valence-electron chi connectivity index (χ2n) is 4.27. The topological polar surface area (TPSA) is 90.2 Å². The maximum absolute atomic E-state index is 9.62. The quantitative estimate of drug-likeness (QED) is 0.568. The summed E-state index contributed by atoms with van der Waals surface area (Å²) in [6, 6.07) is 5.07. The second-order valence-corrected chi connectivity index (χ2v) is 4.27. The van der Waals surface area contributed by atoms with Crippen LogP contribution in [0.25, 0.3) is 0 Å². The van der Waals surface area contributed by atoms with Crippen LogP contribution >= 0.6 is 0 Å². The number of ether oxygens (including phenoxy) is 1. The summed E-state index contributed by atoms with van der Waals surface area (Å²) in [6.07, 6.45) is -0.362. The van der Waals surface area contributed by atoms with Gasteiger partial charge in [0.05, 0.1) is 25.9 Å². The first-order valence-corrected chi connectivity index (χ1v) is 5.89. The van der Waals surface area contributed by atoms with Crippen LogP contribution in [0, 0.1) is 0 Å². The van der Waals surface area contributed by atoms with Gasteiger partial charge in [0.1, 0.15) is 0 Å². The zero-order chi connectivity index (χ0) is 13.5. The Balaban J connectivity index is 2.46. The molecule has 5 heteroatoms. The monoisotopic (exact) mass is 256 g/mol. The SMILES string of the molecule is COc1ccc(CCC(O)CC(O)CO)cc1O. The highest BCUT2D eigenvalue weighted by Gasteiger charge is 2.11. The van der Waals surface area contributed by atoms with E-state index in [1.165, 1.54) is 7.11 Å². The third kappa shape index (κ3) is 4.52. The summed E-state index contributed by atoms with van der Waals surface area (Å²) < 4.78 is 4.93. The molecule has 0 aliphatic carbocycles. The van der Waals surface area contributed by atoms with E-state index in [1.54, 1.807) is 12.1 Å². The fourth-order valence-corrected chi connectivity index (χ4v) is 1.73. The number of benzene rings is 1. The molecule has 0 aliphatic heterocycles. The molecule has 1 aromatic rings. The molecule has 5 nitrogen and oxygen atoms in total. The number of aryl methyl sites for hydroxylation is 1. The zero-order valence-electron chi connectivity index (χ0n) is 10.4. The summed E-state index contributed by atoms with van der Waals surface area (Å²) in [5, 5.41) is 37.0. The molecular weight excluding hydrogens is 236 g/mol. The average Bonchev–Trinajstić information content (AvgIpc) is 2.36. The van der Waals surface area contributed by atoms with Crippen LogP contribution in [0.2, 0.25) is 0 Å². The Morgan fingerprint density at radius 1 is 1.22 bits per heavy atom. The Morgan fingerprint density at radius 3 is 2.50 bits per heavy atom. The summed E-state index contributed by atoms with van der Waals surface area (Å²) in [4.78, 5) is 0. The van der Waals surface area contributed by atoms with Gasteiger partial charge in [-0.2, -0.15) is 0 Å². The minimum absolute atomic E-state index is 0.0693. The van der Waals surface area contributed by atoms with Crippen LogP contribution in [-0.2, 0) is 6.42 Å². The van der Waals surface area contributed by atoms with Gasteiger partial charge in [-0.25, -0.2) is 0 Å². The minimum Gasteiger partial charge on any atom is -0.504 e. The van der Waals surface area contributed by atoms with Crippen molar-refractivity contribution < 1.29 is 25.2 Å². The summed E-state index contributed by atoms with van der Waals surface area (Å²) in [6.45, 7) is -0.347. The first-order valence-electron chi connectivity index (χ1n) is 5.89. The van der Waals surface area contributed by atoms with Crippen molar-refractivity contribution in [1.29, 1.82) is 0 Å². The average molecular weight is 256 g/mol. The number of aliphatic hydroxyl groups is 3. The van der Waals surface area contributed by atoms with Gasteiger partial charge < -0.3 is 25.2 Å². The Bertz CT molecular complexity index is 366. The highest BCUT2D eigenvalue weighted by Crippen LogP contribution is 2.26. The summed E-state index contributed by atoms with van der Waals surface area (Å²) in [5.74, 6) is 0.481. The van der Waals surface area contributed by atoms with Crippen LogP contribution in [-0.4, -0.2) is 46.4 Å². The minimum atomic E-state index is -0.885. The Kier molecular flexibility index (Phi) is 5.91. The lowest BCUT2D eigenvalue weighted by atomic mass is 10.0. The lowest BCUT2D eigenvalue weighted by molar-refractivity contribution is 0.0390. The molecule has 0 aliphatic rings. The molecule has 1 aromatic carbocycles. The van der Waals surface area contributed by atoms with Gasteiger partial charge in [-0.15, -0.1) is 0 Å². The molecule has 4 N–H and O–H groups in total. The van der Waals surface area contributed by atoms with Crippen molar-refractivity contribution in [2.75, 3.05) is 13.7 Å². The van der Waals surface area contributed by atoms with Gasteiger partial charge >= 0.3 is 0 Å². The van der Waals surface area contributed by atoms with Crippen molar-refractivity contribution in [3.63, 3.8) is 0 Å². The smallest absolute Gasteiger partial charge is 0.160 e. The second kappa shape index (κ2) is 7.20. The normalized spacial score (nSPS) is 14.2. The van der Waals surface area contributed by atoms with E-state index < -0.39 is 12.2 Å². The van der Waals surface area contributed by atoms with E-state index in [9.17, 15) is 15.3 Å². The lowest BCUT2D eigenvalue weighted by Crippen LogP contribution is -2.21. The Morgan fingerprint density at radius 2 is 1.94 bits per heavy atom. The lowest BCUT2D eigenvalue weighted by Gasteiger charge is -2.14. The highest BCUT2D eigenvalue weighted by molar-refractivity contribution is 5.41. The number of aliphatic hydroxyl groups excluding tert-OH is 3. The molecule has 2 atom stereocenters. The van der Waals surface area contributed by atoms with Crippen LogP contribution in [0.5, 0.6) is 11.5 Å². The van der Waals surface area contributed by atoms with E-state index in [2.05, 4.69) is 0 Å². The largest absolute Gasteiger partial charge is 0.504 e. The highest BCUT2D eigenvalue weighted by atomic mass is 16.5. The van der Waals surface area contributed by atoms with Crippen molar-refractivity contribution in [2.45, 2.75) is 31.5 Å². The molecule has 0 aromatic heterocycles. The van der Waals surface area contributed by atoms with Gasteiger partial charge in [0.15, 0.2) is 11.5 Å². The van der Waals surface area contributed by atoms with E-state index >= 15 is 0 Å². The fourth-order valence-electron chi connectivity index (χ4n) is 1.73. The van der Waals surface area contributed by atoms with Gasteiger partial charge in [0.2, 0.25) is 0 Å². The van der Waals surface area contributed by atoms with Crippen LogP contribution in [0.3, 0.4) is 0 Å². The first kappa shape index (κ1) is 14.8. The molecule has 0 saturated carbocycles. The van der Waals surface area contributed by atoms with Gasteiger partial charge in [-0.05, 0) is 30.5 Å². The van der Waals surface area contributed by atoms with E-state index in [0.29, 0.717) is 18.6 Å². The van der Waals surface area contributed by atoms with Crippen LogP contribution in [0.1, 0.15) is 18.4 Å². The van der Waals surface area contributed by atoms with Crippen molar-refractivity contribution in [3.05, 3.63) is 23.8 Å². The summed E-state index contributed by atoms with van der Waals surface area (Å²) in [7, 11) is 1.48. The van der Waals surface area contributed by atoms with E-state index in [1.807, 2.05) is 6.07 Å². The molecule has 0 amide bonds. The first-order chi connectivity index (χ1) is 8.56. The Labute approximate surface area is 106 Å². The number of methoxy groups -OCH3 is 1. The molecule has 0 saturated heterocycles. The molecule has 0 radical (unpaired) electrons. The molecule has 102 valence electrons. The number of hydrogen-bond donors (Lipinski definition) is 4. The molecule has 18 heavy (non-hydrogen) atoms. The summed E-state index contributed by atoms with van der Waals surface area (Å²) in [5.41, 5.74) is 0.880. The molecule has 0 heterocycles. The van der Waals surface area contributed by atoms with E-state index in [4.69, 9.17) is 9.84 Å². The molecule has 0 bridgehead atoms. The van der Waals surface area contributed by atoms with E-state index in [0.717, 1.165) is 5.56 Å². The van der Waals surface area contributed by atoms with Gasteiger partial charge in [0.25, 0.3) is 0 Å². The van der Waals surface area contributed by atoms with E-state index in [-0.39, 0.29) is 18.8 Å². The molecule has 0 fully saturated rings. The van der Waals surface area contributed by atoms with Gasteiger partial charge in [-0.3, -0.25) is 0 Å². The molecular formula is C13H20O5. The standard InChI is InChI=1S/C13H20O5/c1-18-13-5-3-9(6-12(13)17)2-4-10(15)7-11(16)8-14/h3,5-6,10-11,14-17H,2,4,7-8H2,1H3. The third-order valence-electron chi connectivity index (χ3n) is 2.76. The van der Waals surface area contributed by atoms with Crippen molar-refractivity contribution >= 4 is 0 Å². The number of hydrogen-bond acceptors (Lipinski definition) is 5. The number of aromatic hydroxyl groups is 1. The van der Waals surface area contributed by atoms with Crippen molar-refractivity contribution in [3.8, 4) is 11.5 Å². The third-order valence-corrected chi connectivity index (χ3v) is 2.76.